The molecule has 0 radical (unpaired) electrons. The SMILES string of the molecule is N#Cc1ccc(N2CCC[C@]3(C[C@@H](Oc4cccnc4)CO3)C2)cc1. The molecule has 0 saturated carbocycles. The van der Waals surface area contributed by atoms with Gasteiger partial charge in [-0.05, 0) is 49.2 Å². The smallest absolute Gasteiger partial charge is 0.138 e. The van der Waals surface area contributed by atoms with E-state index in [0.29, 0.717) is 12.2 Å². The predicted molar refractivity (Wildman–Crippen MR) is 94.6 cm³/mol. The molecule has 0 aliphatic carbocycles. The van der Waals surface area contributed by atoms with Gasteiger partial charge in [0.1, 0.15) is 11.9 Å². The molecular formula is C20H21N3O2. The molecule has 0 N–H and O–H groups in total. The monoisotopic (exact) mass is 335 g/mol. The Morgan fingerprint density at radius 3 is 2.92 bits per heavy atom. The van der Waals surface area contributed by atoms with E-state index in [4.69, 9.17) is 14.7 Å². The molecule has 2 aliphatic heterocycles. The average Bonchev–Trinajstić information content (AvgIpc) is 3.04. The summed E-state index contributed by atoms with van der Waals surface area (Å²) >= 11 is 0. The lowest BCUT2D eigenvalue weighted by Gasteiger charge is -2.40. The number of ether oxygens (including phenoxy) is 2. The number of piperidine rings is 1. The minimum Gasteiger partial charge on any atom is -0.486 e. The summed E-state index contributed by atoms with van der Waals surface area (Å²) in [7, 11) is 0. The van der Waals surface area contributed by atoms with Crippen LogP contribution in [0.4, 0.5) is 5.69 Å². The molecule has 2 aromatic rings. The fraction of sp³-hybridized carbons (Fsp3) is 0.400. The van der Waals surface area contributed by atoms with Crippen LogP contribution in [0.25, 0.3) is 0 Å². The second-order valence-electron chi connectivity index (χ2n) is 6.81. The normalized spacial score (nSPS) is 25.7. The number of benzene rings is 1. The highest BCUT2D eigenvalue weighted by atomic mass is 16.6. The van der Waals surface area contributed by atoms with Crippen molar-refractivity contribution in [3.8, 4) is 11.8 Å². The molecule has 1 aromatic heterocycles. The zero-order valence-corrected chi connectivity index (χ0v) is 14.1. The Bertz CT molecular complexity index is 757. The summed E-state index contributed by atoms with van der Waals surface area (Å²) in [5.41, 5.74) is 1.70. The Morgan fingerprint density at radius 1 is 1.28 bits per heavy atom. The van der Waals surface area contributed by atoms with E-state index in [1.54, 1.807) is 12.4 Å². The van der Waals surface area contributed by atoms with Crippen LogP contribution < -0.4 is 9.64 Å². The number of nitrogens with zero attached hydrogens (tertiary/aromatic N) is 3. The van der Waals surface area contributed by atoms with E-state index in [-0.39, 0.29) is 11.7 Å². The zero-order chi connectivity index (χ0) is 17.1. The summed E-state index contributed by atoms with van der Waals surface area (Å²) in [4.78, 5) is 6.46. The van der Waals surface area contributed by atoms with Crippen molar-refractivity contribution in [2.45, 2.75) is 31.0 Å². The van der Waals surface area contributed by atoms with E-state index in [0.717, 1.165) is 43.8 Å². The lowest BCUT2D eigenvalue weighted by atomic mass is 9.89. The number of aromatic nitrogens is 1. The maximum absolute atomic E-state index is 8.95. The van der Waals surface area contributed by atoms with Crippen LogP contribution in [0.1, 0.15) is 24.8 Å². The van der Waals surface area contributed by atoms with Crippen molar-refractivity contribution in [2.75, 3.05) is 24.6 Å². The van der Waals surface area contributed by atoms with Gasteiger partial charge in [0, 0.05) is 31.4 Å². The highest BCUT2D eigenvalue weighted by Gasteiger charge is 2.44. The maximum atomic E-state index is 8.95. The lowest BCUT2D eigenvalue weighted by molar-refractivity contribution is -0.00814. The van der Waals surface area contributed by atoms with Crippen molar-refractivity contribution < 1.29 is 9.47 Å². The fourth-order valence-corrected chi connectivity index (χ4v) is 3.84. The summed E-state index contributed by atoms with van der Waals surface area (Å²) in [6.45, 7) is 2.51. The van der Waals surface area contributed by atoms with Crippen LogP contribution in [0.15, 0.2) is 48.8 Å². The van der Waals surface area contributed by atoms with Crippen LogP contribution >= 0.6 is 0 Å². The van der Waals surface area contributed by atoms with E-state index in [2.05, 4.69) is 16.0 Å². The fourth-order valence-electron chi connectivity index (χ4n) is 3.84. The van der Waals surface area contributed by atoms with Gasteiger partial charge in [-0.15, -0.1) is 0 Å². The summed E-state index contributed by atoms with van der Waals surface area (Å²) in [5.74, 6) is 0.799. The molecule has 128 valence electrons. The Morgan fingerprint density at radius 2 is 2.16 bits per heavy atom. The van der Waals surface area contributed by atoms with E-state index >= 15 is 0 Å². The van der Waals surface area contributed by atoms with Gasteiger partial charge in [0.05, 0.1) is 30.0 Å². The Hall–Kier alpha value is -2.58. The zero-order valence-electron chi connectivity index (χ0n) is 14.1. The molecule has 0 bridgehead atoms. The van der Waals surface area contributed by atoms with Crippen LogP contribution in [-0.4, -0.2) is 36.4 Å². The molecule has 5 heteroatoms. The van der Waals surface area contributed by atoms with Crippen molar-refractivity contribution in [1.82, 2.24) is 4.98 Å². The highest BCUT2D eigenvalue weighted by Crippen LogP contribution is 2.37. The predicted octanol–water partition coefficient (Wildman–Crippen LogP) is 3.16. The van der Waals surface area contributed by atoms with E-state index < -0.39 is 0 Å². The quantitative estimate of drug-likeness (QED) is 0.862. The van der Waals surface area contributed by atoms with Crippen LogP contribution in [0.3, 0.4) is 0 Å². The van der Waals surface area contributed by atoms with Crippen molar-refractivity contribution in [3.63, 3.8) is 0 Å². The van der Waals surface area contributed by atoms with E-state index in [9.17, 15) is 0 Å². The molecular weight excluding hydrogens is 314 g/mol. The topological polar surface area (TPSA) is 58.4 Å². The first-order valence-corrected chi connectivity index (χ1v) is 8.72. The Kier molecular flexibility index (Phi) is 4.29. The molecule has 2 aliphatic rings. The Balaban J connectivity index is 1.43. The number of hydrogen-bond acceptors (Lipinski definition) is 5. The van der Waals surface area contributed by atoms with Gasteiger partial charge in [-0.2, -0.15) is 5.26 Å². The number of hydrogen-bond donors (Lipinski definition) is 0. The summed E-state index contributed by atoms with van der Waals surface area (Å²) in [5, 5.41) is 8.95. The van der Waals surface area contributed by atoms with Gasteiger partial charge in [0.2, 0.25) is 0 Å². The number of anilines is 1. The molecule has 2 atom stereocenters. The first-order chi connectivity index (χ1) is 12.3. The van der Waals surface area contributed by atoms with Gasteiger partial charge in [-0.1, -0.05) is 0 Å². The molecule has 1 aromatic carbocycles. The number of rotatable bonds is 3. The van der Waals surface area contributed by atoms with Gasteiger partial charge in [-0.3, -0.25) is 4.98 Å². The van der Waals surface area contributed by atoms with Crippen LogP contribution in [-0.2, 0) is 4.74 Å². The van der Waals surface area contributed by atoms with Gasteiger partial charge < -0.3 is 14.4 Å². The van der Waals surface area contributed by atoms with E-state index in [1.807, 2.05) is 36.4 Å². The van der Waals surface area contributed by atoms with Gasteiger partial charge in [0.15, 0.2) is 0 Å². The second-order valence-corrected chi connectivity index (χ2v) is 6.81. The standard InChI is InChI=1S/C20H21N3O2/c21-12-16-4-6-17(7-5-16)23-10-2-8-20(15-23)11-19(14-24-20)25-18-3-1-9-22-13-18/h1,3-7,9,13,19H,2,8,10-11,14-15H2/t19-,20+/m1/s1. The molecule has 25 heavy (non-hydrogen) atoms. The van der Waals surface area contributed by atoms with Crippen molar-refractivity contribution in [2.24, 2.45) is 0 Å². The van der Waals surface area contributed by atoms with Gasteiger partial charge >= 0.3 is 0 Å². The van der Waals surface area contributed by atoms with Gasteiger partial charge in [-0.25, -0.2) is 0 Å². The molecule has 3 heterocycles. The largest absolute Gasteiger partial charge is 0.486 e. The van der Waals surface area contributed by atoms with Crippen molar-refractivity contribution in [1.29, 1.82) is 5.26 Å². The highest BCUT2D eigenvalue weighted by molar-refractivity contribution is 5.50. The second kappa shape index (κ2) is 6.73. The van der Waals surface area contributed by atoms with Gasteiger partial charge in [0.25, 0.3) is 0 Å². The molecule has 2 fully saturated rings. The maximum Gasteiger partial charge on any atom is 0.138 e. The Labute approximate surface area is 147 Å². The molecule has 4 rings (SSSR count). The first-order valence-electron chi connectivity index (χ1n) is 8.72. The minimum absolute atomic E-state index is 0.0742. The number of nitriles is 1. The minimum atomic E-state index is -0.140. The molecule has 0 amide bonds. The molecule has 0 unspecified atom stereocenters. The summed E-state index contributed by atoms with van der Waals surface area (Å²) in [6.07, 6.45) is 6.62. The van der Waals surface area contributed by atoms with Crippen molar-refractivity contribution >= 4 is 5.69 Å². The van der Waals surface area contributed by atoms with Crippen LogP contribution in [0.5, 0.6) is 5.75 Å². The summed E-state index contributed by atoms with van der Waals surface area (Å²) in [6, 6.07) is 13.8. The number of pyridine rings is 1. The third-order valence-corrected chi connectivity index (χ3v) is 5.01. The molecule has 1 spiro atoms. The molecule has 2 saturated heterocycles. The van der Waals surface area contributed by atoms with E-state index in [1.165, 1.54) is 0 Å². The average molecular weight is 335 g/mol. The third-order valence-electron chi connectivity index (χ3n) is 5.01. The van der Waals surface area contributed by atoms with Crippen LogP contribution in [0.2, 0.25) is 0 Å². The summed E-state index contributed by atoms with van der Waals surface area (Å²) < 4.78 is 12.3. The first kappa shape index (κ1) is 15.9. The van der Waals surface area contributed by atoms with Crippen LogP contribution in [0, 0.1) is 11.3 Å². The third kappa shape index (κ3) is 3.45. The van der Waals surface area contributed by atoms with Crippen molar-refractivity contribution in [3.05, 3.63) is 54.4 Å². The molecule has 5 nitrogen and oxygen atoms in total. The lowest BCUT2D eigenvalue weighted by Crippen LogP contribution is -2.48.